The molecular weight excluding hydrogens is 350 g/mol. The molecule has 0 saturated carbocycles. The molecule has 0 spiro atoms. The standard InChI is InChI=1S/C23H37N3O2/c1-24(2)18-23(28)26-16-10-20(11-17-26)19-8-13-25(14-9-19)15-12-22(27)21-6-4-3-5-7-21/h3-7,19-20,22,27H,8-18H2,1-2H3/t22-/m1/s1. The fraction of sp³-hybridized carbons (Fsp3) is 0.696. The van der Waals surface area contributed by atoms with Gasteiger partial charge in [0.2, 0.25) is 5.91 Å². The maximum atomic E-state index is 12.2. The van der Waals surface area contributed by atoms with Crippen molar-refractivity contribution < 1.29 is 9.90 Å². The molecule has 2 fully saturated rings. The van der Waals surface area contributed by atoms with E-state index in [-0.39, 0.29) is 12.0 Å². The number of nitrogens with zero attached hydrogens (tertiary/aromatic N) is 3. The molecule has 1 aromatic carbocycles. The lowest BCUT2D eigenvalue weighted by Crippen LogP contribution is -2.45. The van der Waals surface area contributed by atoms with E-state index in [0.717, 1.165) is 69.4 Å². The van der Waals surface area contributed by atoms with Gasteiger partial charge in [-0.05, 0) is 76.7 Å². The molecule has 2 heterocycles. The van der Waals surface area contributed by atoms with Crippen molar-refractivity contribution in [1.82, 2.24) is 14.7 Å². The number of hydrogen-bond donors (Lipinski definition) is 1. The van der Waals surface area contributed by atoms with Gasteiger partial charge in [0, 0.05) is 19.6 Å². The van der Waals surface area contributed by atoms with Crippen LogP contribution in [0.4, 0.5) is 0 Å². The molecule has 1 N–H and O–H groups in total. The Bertz CT molecular complexity index is 591. The Hall–Kier alpha value is -1.43. The molecule has 0 aliphatic carbocycles. The van der Waals surface area contributed by atoms with E-state index in [9.17, 15) is 9.90 Å². The Labute approximate surface area is 170 Å². The Morgan fingerprint density at radius 1 is 1.04 bits per heavy atom. The molecule has 2 aliphatic heterocycles. The number of aliphatic hydroxyl groups excluding tert-OH is 1. The molecular formula is C23H37N3O2. The second-order valence-electron chi connectivity index (χ2n) is 8.85. The second-order valence-corrected chi connectivity index (χ2v) is 8.85. The average Bonchev–Trinajstić information content (AvgIpc) is 2.72. The summed E-state index contributed by atoms with van der Waals surface area (Å²) in [6.45, 7) is 5.65. The molecule has 1 atom stereocenters. The zero-order valence-electron chi connectivity index (χ0n) is 17.6. The number of rotatable bonds is 7. The maximum absolute atomic E-state index is 12.2. The van der Waals surface area contributed by atoms with Crippen molar-refractivity contribution in [3.63, 3.8) is 0 Å². The third kappa shape index (κ3) is 6.03. The van der Waals surface area contributed by atoms with Crippen LogP contribution in [0.25, 0.3) is 0 Å². The van der Waals surface area contributed by atoms with Gasteiger partial charge in [0.1, 0.15) is 0 Å². The third-order valence-corrected chi connectivity index (χ3v) is 6.55. The minimum atomic E-state index is -0.358. The number of piperidine rings is 2. The predicted octanol–water partition coefficient (Wildman–Crippen LogP) is 2.62. The summed E-state index contributed by atoms with van der Waals surface area (Å²) in [5, 5.41) is 10.4. The van der Waals surface area contributed by atoms with E-state index < -0.39 is 0 Å². The maximum Gasteiger partial charge on any atom is 0.236 e. The van der Waals surface area contributed by atoms with Gasteiger partial charge >= 0.3 is 0 Å². The highest BCUT2D eigenvalue weighted by Gasteiger charge is 2.30. The van der Waals surface area contributed by atoms with Crippen LogP contribution in [0.5, 0.6) is 0 Å². The number of likely N-dealkylation sites (N-methyl/N-ethyl adjacent to an activating group) is 1. The fourth-order valence-corrected chi connectivity index (χ4v) is 4.79. The molecule has 0 unspecified atom stereocenters. The van der Waals surface area contributed by atoms with E-state index in [1.807, 2.05) is 49.3 Å². The summed E-state index contributed by atoms with van der Waals surface area (Å²) in [4.78, 5) is 18.7. The average molecular weight is 388 g/mol. The van der Waals surface area contributed by atoms with Gasteiger partial charge in [0.15, 0.2) is 0 Å². The lowest BCUT2D eigenvalue weighted by molar-refractivity contribution is -0.133. The van der Waals surface area contributed by atoms with E-state index in [4.69, 9.17) is 0 Å². The molecule has 2 saturated heterocycles. The highest BCUT2D eigenvalue weighted by Crippen LogP contribution is 2.32. The van der Waals surface area contributed by atoms with Crippen LogP contribution >= 0.6 is 0 Å². The first-order valence-corrected chi connectivity index (χ1v) is 10.9. The number of carbonyl (C=O) groups is 1. The van der Waals surface area contributed by atoms with Crippen LogP contribution in [0.3, 0.4) is 0 Å². The summed E-state index contributed by atoms with van der Waals surface area (Å²) in [5.74, 6) is 1.86. The van der Waals surface area contributed by atoms with E-state index in [2.05, 4.69) is 9.80 Å². The molecule has 0 aromatic heterocycles. The van der Waals surface area contributed by atoms with Crippen molar-refractivity contribution in [3.8, 4) is 0 Å². The highest BCUT2D eigenvalue weighted by molar-refractivity contribution is 5.78. The lowest BCUT2D eigenvalue weighted by Gasteiger charge is -2.40. The molecule has 5 nitrogen and oxygen atoms in total. The number of likely N-dealkylation sites (tertiary alicyclic amines) is 2. The first-order chi connectivity index (χ1) is 13.5. The van der Waals surface area contributed by atoms with Gasteiger partial charge in [-0.15, -0.1) is 0 Å². The first-order valence-electron chi connectivity index (χ1n) is 10.9. The van der Waals surface area contributed by atoms with Crippen molar-refractivity contribution in [2.45, 2.75) is 38.2 Å². The molecule has 5 heteroatoms. The zero-order chi connectivity index (χ0) is 19.9. The number of aliphatic hydroxyl groups is 1. The van der Waals surface area contributed by atoms with E-state index in [1.54, 1.807) is 0 Å². The molecule has 156 valence electrons. The summed E-state index contributed by atoms with van der Waals surface area (Å²) >= 11 is 0. The zero-order valence-corrected chi connectivity index (χ0v) is 17.6. The topological polar surface area (TPSA) is 47.0 Å². The van der Waals surface area contributed by atoms with Gasteiger partial charge < -0.3 is 19.8 Å². The molecule has 3 rings (SSSR count). The van der Waals surface area contributed by atoms with Crippen molar-refractivity contribution in [1.29, 1.82) is 0 Å². The van der Waals surface area contributed by atoms with E-state index in [0.29, 0.717) is 6.54 Å². The minimum absolute atomic E-state index is 0.273. The molecule has 28 heavy (non-hydrogen) atoms. The molecule has 0 bridgehead atoms. The third-order valence-electron chi connectivity index (χ3n) is 6.55. The summed E-state index contributed by atoms with van der Waals surface area (Å²) in [6, 6.07) is 9.98. The highest BCUT2D eigenvalue weighted by atomic mass is 16.3. The summed E-state index contributed by atoms with van der Waals surface area (Å²) < 4.78 is 0. The predicted molar refractivity (Wildman–Crippen MR) is 113 cm³/mol. The minimum Gasteiger partial charge on any atom is -0.388 e. The largest absolute Gasteiger partial charge is 0.388 e. The van der Waals surface area contributed by atoms with Gasteiger partial charge in [-0.3, -0.25) is 4.79 Å². The quantitative estimate of drug-likeness (QED) is 0.781. The van der Waals surface area contributed by atoms with Gasteiger partial charge in [-0.25, -0.2) is 0 Å². The van der Waals surface area contributed by atoms with Crippen LogP contribution in [0.1, 0.15) is 43.8 Å². The molecule has 2 aliphatic rings. The second kappa shape index (κ2) is 10.4. The van der Waals surface area contributed by atoms with Crippen LogP contribution in [-0.4, -0.2) is 79.1 Å². The number of amides is 1. The Balaban J connectivity index is 1.35. The number of carbonyl (C=O) groups excluding carboxylic acids is 1. The first kappa shape index (κ1) is 21.3. The van der Waals surface area contributed by atoms with Crippen LogP contribution < -0.4 is 0 Å². The Kier molecular flexibility index (Phi) is 7.89. The molecule has 0 radical (unpaired) electrons. The van der Waals surface area contributed by atoms with Gasteiger partial charge in [-0.2, -0.15) is 0 Å². The Morgan fingerprint density at radius 3 is 2.18 bits per heavy atom. The molecule has 1 aromatic rings. The molecule has 1 amide bonds. The van der Waals surface area contributed by atoms with E-state index >= 15 is 0 Å². The number of benzene rings is 1. The van der Waals surface area contributed by atoms with Crippen molar-refractivity contribution in [3.05, 3.63) is 35.9 Å². The Morgan fingerprint density at radius 2 is 1.61 bits per heavy atom. The SMILES string of the molecule is CN(C)CC(=O)N1CCC(C2CCN(CC[C@@H](O)c3ccccc3)CC2)CC1. The summed E-state index contributed by atoms with van der Waals surface area (Å²) in [7, 11) is 3.91. The summed E-state index contributed by atoms with van der Waals surface area (Å²) in [5.41, 5.74) is 1.02. The lowest BCUT2D eigenvalue weighted by atomic mass is 9.78. The smallest absolute Gasteiger partial charge is 0.236 e. The summed E-state index contributed by atoms with van der Waals surface area (Å²) in [6.07, 6.45) is 5.30. The van der Waals surface area contributed by atoms with Crippen molar-refractivity contribution >= 4 is 5.91 Å². The normalized spacial score (nSPS) is 21.2. The van der Waals surface area contributed by atoms with Crippen molar-refractivity contribution in [2.24, 2.45) is 11.8 Å². The van der Waals surface area contributed by atoms with Gasteiger partial charge in [-0.1, -0.05) is 30.3 Å². The van der Waals surface area contributed by atoms with Gasteiger partial charge in [0.05, 0.1) is 12.6 Å². The van der Waals surface area contributed by atoms with Gasteiger partial charge in [0.25, 0.3) is 0 Å². The van der Waals surface area contributed by atoms with E-state index in [1.165, 1.54) is 12.8 Å². The number of hydrogen-bond acceptors (Lipinski definition) is 4. The van der Waals surface area contributed by atoms with Crippen LogP contribution in [0.2, 0.25) is 0 Å². The monoisotopic (exact) mass is 387 g/mol. The van der Waals surface area contributed by atoms with Crippen LogP contribution in [-0.2, 0) is 4.79 Å². The van der Waals surface area contributed by atoms with Crippen LogP contribution in [0.15, 0.2) is 30.3 Å². The van der Waals surface area contributed by atoms with Crippen LogP contribution in [0, 0.1) is 11.8 Å². The fourth-order valence-electron chi connectivity index (χ4n) is 4.79. The van der Waals surface area contributed by atoms with Crippen molar-refractivity contribution in [2.75, 3.05) is 53.4 Å².